The number of rotatable bonds is 2. The Bertz CT molecular complexity index is 132. The van der Waals surface area contributed by atoms with Gasteiger partial charge in [-0.2, -0.15) is 4.90 Å². The summed E-state index contributed by atoms with van der Waals surface area (Å²) in [6, 6.07) is 0. The minimum atomic E-state index is -0.787. The van der Waals surface area contributed by atoms with Crippen molar-refractivity contribution in [2.45, 2.75) is 6.92 Å². The molecule has 0 saturated heterocycles. The summed E-state index contributed by atoms with van der Waals surface area (Å²) in [5.41, 5.74) is 0. The van der Waals surface area contributed by atoms with E-state index in [1.807, 2.05) is 0 Å². The summed E-state index contributed by atoms with van der Waals surface area (Å²) in [5.74, 6) is -0.664. The quantitative estimate of drug-likeness (QED) is 0.200. The van der Waals surface area contributed by atoms with Crippen molar-refractivity contribution in [3.63, 3.8) is 0 Å². The topological polar surface area (TPSA) is 78.2 Å². The standard InChI is InChI=1S/C4H7N2O3.K/c1-2-5-4(7)3-6(8)9;/h3H,2H2,1H3,(H-,5,7,8,9);/q-1;+1. The summed E-state index contributed by atoms with van der Waals surface area (Å²) in [7, 11) is 0. The van der Waals surface area contributed by atoms with Crippen LogP contribution in [0, 0.1) is 10.4 Å². The van der Waals surface area contributed by atoms with Gasteiger partial charge in [-0.05, 0) is 6.92 Å². The first-order chi connectivity index (χ1) is 4.16. The van der Waals surface area contributed by atoms with Gasteiger partial charge in [-0.25, -0.2) is 0 Å². The van der Waals surface area contributed by atoms with E-state index in [4.69, 9.17) is 0 Å². The van der Waals surface area contributed by atoms with Gasteiger partial charge >= 0.3 is 57.3 Å². The molecule has 0 aromatic carbocycles. The molecule has 1 N–H and O–H groups in total. The van der Waals surface area contributed by atoms with E-state index in [-0.39, 0.29) is 51.4 Å². The number of amides is 1. The molecule has 0 rings (SSSR count). The molecule has 52 valence electrons. The van der Waals surface area contributed by atoms with Crippen LogP contribution < -0.4 is 56.7 Å². The van der Waals surface area contributed by atoms with Crippen LogP contribution in [0.1, 0.15) is 6.92 Å². The third-order valence-corrected chi connectivity index (χ3v) is 0.574. The van der Waals surface area contributed by atoms with Crippen molar-refractivity contribution in [3.8, 4) is 0 Å². The van der Waals surface area contributed by atoms with Crippen molar-refractivity contribution in [1.29, 1.82) is 0 Å². The van der Waals surface area contributed by atoms with Gasteiger partial charge in [0.1, 0.15) is 0 Å². The van der Waals surface area contributed by atoms with E-state index in [2.05, 4.69) is 5.32 Å². The molecule has 0 aliphatic heterocycles. The van der Waals surface area contributed by atoms with Gasteiger partial charge in [0.15, 0.2) is 0 Å². The van der Waals surface area contributed by atoms with Crippen molar-refractivity contribution in [3.05, 3.63) is 10.4 Å². The number of nitrogens with zero attached hydrogens (tertiary/aromatic N) is 1. The fourth-order valence-electron chi connectivity index (χ4n) is 0.316. The molecule has 0 aromatic rings. The fourth-order valence-corrected chi connectivity index (χ4v) is 0.316. The molecule has 0 spiro atoms. The van der Waals surface area contributed by atoms with Crippen LogP contribution in [0.15, 0.2) is 0 Å². The Morgan fingerprint density at radius 2 is 2.20 bits per heavy atom. The Kier molecular flexibility index (Phi) is 9.73. The maximum Gasteiger partial charge on any atom is 1.00 e. The summed E-state index contributed by atoms with van der Waals surface area (Å²) in [6.45, 7) is 2.09. The van der Waals surface area contributed by atoms with Crippen LogP contribution in [0.25, 0.3) is 0 Å². The van der Waals surface area contributed by atoms with Gasteiger partial charge in [-0.15, -0.1) is 0 Å². The van der Waals surface area contributed by atoms with Crippen LogP contribution in [0.2, 0.25) is 0 Å². The number of nitrogens with one attached hydrogen (secondary N) is 1. The van der Waals surface area contributed by atoms with Crippen LogP contribution in [0.5, 0.6) is 0 Å². The molecule has 0 saturated carbocycles. The maximum absolute atomic E-state index is 10.2. The number of hydrogen-bond acceptors (Lipinski definition) is 3. The van der Waals surface area contributed by atoms with Gasteiger partial charge in [0.25, 0.3) is 6.21 Å². The van der Waals surface area contributed by atoms with Gasteiger partial charge in [-0.1, -0.05) is 0 Å². The van der Waals surface area contributed by atoms with E-state index in [9.17, 15) is 15.2 Å². The van der Waals surface area contributed by atoms with E-state index < -0.39 is 10.8 Å². The maximum atomic E-state index is 10.2. The molecule has 0 radical (unpaired) electrons. The molecule has 0 heterocycles. The van der Waals surface area contributed by atoms with Crippen molar-refractivity contribution in [2.75, 3.05) is 6.54 Å². The zero-order valence-corrected chi connectivity index (χ0v) is 9.08. The van der Waals surface area contributed by atoms with Gasteiger partial charge in [-0.3, -0.25) is 4.79 Å². The molecule has 1 amide bonds. The normalized spacial score (nSPS) is 7.30. The van der Waals surface area contributed by atoms with Gasteiger partial charge in [0.05, 0.1) is 0 Å². The fraction of sp³-hybridized carbons (Fsp3) is 0.500. The van der Waals surface area contributed by atoms with E-state index in [1.54, 1.807) is 6.92 Å². The molecule has 6 heteroatoms. The second-order valence-electron chi connectivity index (χ2n) is 1.31. The molecule has 0 bridgehead atoms. The molecular weight excluding hydrogens is 163 g/mol. The molecule has 0 aliphatic carbocycles. The Morgan fingerprint density at radius 3 is 2.50 bits per heavy atom. The number of carbonyl (C=O) groups excluding carboxylic acids is 1. The Morgan fingerprint density at radius 1 is 1.70 bits per heavy atom. The molecule has 0 aliphatic rings. The van der Waals surface area contributed by atoms with Gasteiger partial charge in [0.2, 0.25) is 0 Å². The van der Waals surface area contributed by atoms with Crippen molar-refractivity contribution in [2.24, 2.45) is 0 Å². The molecule has 0 aromatic heterocycles. The monoisotopic (exact) mass is 170 g/mol. The SMILES string of the molecule is CCNC(=O)C=[N+]([O-])[O-].[K+]. The van der Waals surface area contributed by atoms with Gasteiger partial charge < -0.3 is 15.7 Å². The molecule has 10 heavy (non-hydrogen) atoms. The van der Waals surface area contributed by atoms with E-state index in [0.29, 0.717) is 12.8 Å². The van der Waals surface area contributed by atoms with Crippen molar-refractivity contribution < 1.29 is 61.1 Å². The summed E-state index contributed by atoms with van der Waals surface area (Å²) >= 11 is 0. The van der Waals surface area contributed by atoms with Crippen molar-refractivity contribution >= 4 is 12.1 Å². The first-order valence-corrected chi connectivity index (χ1v) is 2.43. The molecule has 0 atom stereocenters. The first-order valence-electron chi connectivity index (χ1n) is 2.43. The minimum absolute atomic E-state index is 0. The van der Waals surface area contributed by atoms with Crippen LogP contribution in [0.4, 0.5) is 0 Å². The molecular formula is C4H7KN2O3. The van der Waals surface area contributed by atoms with E-state index in [1.165, 1.54) is 0 Å². The van der Waals surface area contributed by atoms with Crippen LogP contribution in [0.3, 0.4) is 0 Å². The van der Waals surface area contributed by atoms with Crippen LogP contribution >= 0.6 is 0 Å². The molecule has 5 nitrogen and oxygen atoms in total. The van der Waals surface area contributed by atoms with Crippen LogP contribution in [-0.2, 0) is 4.79 Å². The summed E-state index contributed by atoms with van der Waals surface area (Å²) < 4.78 is 0. The zero-order valence-electron chi connectivity index (χ0n) is 5.96. The average molecular weight is 170 g/mol. The zero-order chi connectivity index (χ0) is 7.28. The van der Waals surface area contributed by atoms with Crippen LogP contribution in [-0.4, -0.2) is 23.6 Å². The van der Waals surface area contributed by atoms with E-state index in [0.717, 1.165) is 0 Å². The first kappa shape index (κ1) is 13.0. The predicted molar refractivity (Wildman–Crippen MR) is 31.7 cm³/mol. The third kappa shape index (κ3) is 8.38. The Labute approximate surface area is 101 Å². The average Bonchev–Trinajstić information content (AvgIpc) is 1.63. The second-order valence-corrected chi connectivity index (χ2v) is 1.31. The second kappa shape index (κ2) is 7.48. The Hall–Kier alpha value is 0.376. The molecule has 0 unspecified atom stereocenters. The summed E-state index contributed by atoms with van der Waals surface area (Å²) in [6.07, 6.45) is 0.392. The largest absolute Gasteiger partial charge is 1.00 e. The van der Waals surface area contributed by atoms with Gasteiger partial charge in [0, 0.05) is 6.54 Å². The third-order valence-electron chi connectivity index (χ3n) is 0.574. The summed E-state index contributed by atoms with van der Waals surface area (Å²) in [5, 5.41) is 21.4. The predicted octanol–water partition coefficient (Wildman–Crippen LogP) is -3.79. The smallest absolute Gasteiger partial charge is 0.612 e. The van der Waals surface area contributed by atoms with Crippen molar-refractivity contribution in [1.82, 2.24) is 5.32 Å². The minimum Gasteiger partial charge on any atom is -0.612 e. The Balaban J connectivity index is 0. The summed E-state index contributed by atoms with van der Waals surface area (Å²) in [4.78, 5) is 9.46. The molecule has 0 fully saturated rings. The van der Waals surface area contributed by atoms with E-state index >= 15 is 0 Å². The number of carbonyl (C=O) groups is 1. The number of hydrogen-bond donors (Lipinski definition) is 1.